The van der Waals surface area contributed by atoms with Crippen LogP contribution in [0.25, 0.3) is 0 Å². The predicted octanol–water partition coefficient (Wildman–Crippen LogP) is 3.28. The van der Waals surface area contributed by atoms with Gasteiger partial charge in [0.1, 0.15) is 17.9 Å². The summed E-state index contributed by atoms with van der Waals surface area (Å²) in [5.41, 5.74) is 0.819. The molecule has 5 nitrogen and oxygen atoms in total. The molecule has 4 rings (SSSR count). The Hall–Kier alpha value is -2.17. The highest BCUT2D eigenvalue weighted by molar-refractivity contribution is 6.47. The van der Waals surface area contributed by atoms with Gasteiger partial charge in [0.2, 0.25) is 5.91 Å². The van der Waals surface area contributed by atoms with Crippen molar-refractivity contribution in [2.45, 2.75) is 70.0 Å². The molecule has 1 aliphatic heterocycles. The van der Waals surface area contributed by atoms with E-state index in [1.165, 1.54) is 12.8 Å². The summed E-state index contributed by atoms with van der Waals surface area (Å²) < 4.78 is 0. The van der Waals surface area contributed by atoms with Crippen LogP contribution in [0.15, 0.2) is 35.3 Å². The molecule has 1 spiro atoms. The average molecular weight is 367 g/mol. The molecule has 0 bridgehead atoms. The molecule has 1 aromatic carbocycles. The first kappa shape index (κ1) is 18.2. The van der Waals surface area contributed by atoms with Gasteiger partial charge in [-0.25, -0.2) is 0 Å². The first-order valence-electron chi connectivity index (χ1n) is 10.3. The molecule has 2 amide bonds. The Bertz CT molecular complexity index is 729. The topological polar surface area (TPSA) is 61.8 Å². The molecule has 2 saturated carbocycles. The Morgan fingerprint density at radius 1 is 1.15 bits per heavy atom. The van der Waals surface area contributed by atoms with Gasteiger partial charge in [-0.2, -0.15) is 0 Å². The molecule has 0 aromatic heterocycles. The normalized spacial score (nSPS) is 28.6. The number of hydrogen-bond acceptors (Lipinski definition) is 3. The van der Waals surface area contributed by atoms with Crippen LogP contribution < -0.4 is 5.32 Å². The third-order valence-electron chi connectivity index (χ3n) is 6.41. The second kappa shape index (κ2) is 7.45. The van der Waals surface area contributed by atoms with Gasteiger partial charge in [-0.3, -0.25) is 14.6 Å². The van der Waals surface area contributed by atoms with E-state index in [9.17, 15) is 9.59 Å². The van der Waals surface area contributed by atoms with Crippen molar-refractivity contribution in [3.63, 3.8) is 0 Å². The predicted molar refractivity (Wildman–Crippen MR) is 105 cm³/mol. The maximum atomic E-state index is 13.2. The summed E-state index contributed by atoms with van der Waals surface area (Å²) in [4.78, 5) is 32.6. The van der Waals surface area contributed by atoms with Crippen LogP contribution in [0.4, 0.5) is 0 Å². The van der Waals surface area contributed by atoms with Gasteiger partial charge < -0.3 is 10.2 Å². The van der Waals surface area contributed by atoms with Crippen molar-refractivity contribution >= 4 is 17.5 Å². The van der Waals surface area contributed by atoms with Gasteiger partial charge in [0.25, 0.3) is 5.91 Å². The molecule has 2 aliphatic carbocycles. The van der Waals surface area contributed by atoms with Crippen molar-refractivity contribution in [1.29, 1.82) is 0 Å². The number of carbonyl (C=O) groups excluding carboxylic acids is 2. The quantitative estimate of drug-likeness (QED) is 0.888. The standard InChI is InChI=1S/C22H29N3O2/c1-16-11-13-22(14-12-16)24-20(17-7-3-2-4-8-17)21(27)25(22)15-19(26)23-18-9-5-6-10-18/h2-4,7-8,16,18H,5-6,9-15H2,1H3,(H,23,26). The SMILES string of the molecule is CC1CCC2(CC1)N=C(c1ccccc1)C(=O)N2CC(=O)NC1CCCC1. The van der Waals surface area contributed by atoms with Crippen LogP contribution in [0.5, 0.6) is 0 Å². The van der Waals surface area contributed by atoms with E-state index in [-0.39, 0.29) is 24.4 Å². The van der Waals surface area contributed by atoms with Crippen molar-refractivity contribution < 1.29 is 9.59 Å². The van der Waals surface area contributed by atoms with E-state index in [1.807, 2.05) is 30.3 Å². The zero-order valence-electron chi connectivity index (χ0n) is 16.1. The van der Waals surface area contributed by atoms with E-state index in [0.717, 1.165) is 44.1 Å². The van der Waals surface area contributed by atoms with Gasteiger partial charge in [0.15, 0.2) is 0 Å². The van der Waals surface area contributed by atoms with Crippen LogP contribution in [0.3, 0.4) is 0 Å². The number of rotatable bonds is 4. The maximum absolute atomic E-state index is 13.2. The molecule has 0 saturated heterocycles. The summed E-state index contributed by atoms with van der Waals surface area (Å²) >= 11 is 0. The molecule has 144 valence electrons. The molecule has 0 unspecified atom stereocenters. The van der Waals surface area contributed by atoms with Gasteiger partial charge >= 0.3 is 0 Å². The largest absolute Gasteiger partial charge is 0.352 e. The Kier molecular flexibility index (Phi) is 5.02. The minimum Gasteiger partial charge on any atom is -0.352 e. The van der Waals surface area contributed by atoms with E-state index < -0.39 is 5.66 Å². The molecule has 1 N–H and O–H groups in total. The van der Waals surface area contributed by atoms with Gasteiger partial charge in [0.05, 0.1) is 0 Å². The van der Waals surface area contributed by atoms with Crippen molar-refractivity contribution in [3.8, 4) is 0 Å². The molecule has 27 heavy (non-hydrogen) atoms. The number of amides is 2. The number of nitrogens with one attached hydrogen (secondary N) is 1. The number of benzene rings is 1. The Labute approximate surface area is 161 Å². The Morgan fingerprint density at radius 2 is 1.81 bits per heavy atom. The van der Waals surface area contributed by atoms with Crippen LogP contribution in [-0.4, -0.2) is 40.7 Å². The van der Waals surface area contributed by atoms with E-state index in [2.05, 4.69) is 12.2 Å². The van der Waals surface area contributed by atoms with Crippen LogP contribution in [-0.2, 0) is 9.59 Å². The van der Waals surface area contributed by atoms with Crippen molar-refractivity contribution in [2.75, 3.05) is 6.54 Å². The van der Waals surface area contributed by atoms with Crippen molar-refractivity contribution in [3.05, 3.63) is 35.9 Å². The number of aliphatic imine (C=N–C) groups is 1. The maximum Gasteiger partial charge on any atom is 0.275 e. The monoisotopic (exact) mass is 367 g/mol. The average Bonchev–Trinajstić information content (AvgIpc) is 3.27. The molecule has 0 radical (unpaired) electrons. The third-order valence-corrected chi connectivity index (χ3v) is 6.41. The molecular weight excluding hydrogens is 338 g/mol. The summed E-state index contributed by atoms with van der Waals surface area (Å²) in [5, 5.41) is 3.13. The first-order chi connectivity index (χ1) is 13.1. The van der Waals surface area contributed by atoms with Crippen molar-refractivity contribution in [2.24, 2.45) is 10.9 Å². The van der Waals surface area contributed by atoms with Gasteiger partial charge in [0, 0.05) is 11.6 Å². The fraction of sp³-hybridized carbons (Fsp3) is 0.591. The summed E-state index contributed by atoms with van der Waals surface area (Å²) in [5.74, 6) is 0.506. The number of carbonyl (C=O) groups is 2. The zero-order chi connectivity index (χ0) is 18.9. The third kappa shape index (κ3) is 3.64. The Balaban J connectivity index is 1.57. The van der Waals surface area contributed by atoms with Crippen LogP contribution in [0, 0.1) is 5.92 Å². The fourth-order valence-electron chi connectivity index (χ4n) is 4.73. The Morgan fingerprint density at radius 3 is 2.48 bits per heavy atom. The van der Waals surface area contributed by atoms with Crippen molar-refractivity contribution in [1.82, 2.24) is 10.2 Å². The smallest absolute Gasteiger partial charge is 0.275 e. The lowest BCUT2D eigenvalue weighted by molar-refractivity contribution is -0.136. The van der Waals surface area contributed by atoms with Gasteiger partial charge in [-0.05, 0) is 44.4 Å². The number of hydrogen-bond donors (Lipinski definition) is 1. The van der Waals surface area contributed by atoms with E-state index in [4.69, 9.17) is 4.99 Å². The van der Waals surface area contributed by atoms with Crippen LogP contribution in [0.1, 0.15) is 63.9 Å². The lowest BCUT2D eigenvalue weighted by atomic mass is 9.82. The molecule has 1 aromatic rings. The fourth-order valence-corrected chi connectivity index (χ4v) is 4.73. The molecule has 0 atom stereocenters. The minimum atomic E-state index is -0.540. The minimum absolute atomic E-state index is 0.0437. The zero-order valence-corrected chi connectivity index (χ0v) is 16.1. The van der Waals surface area contributed by atoms with E-state index in [0.29, 0.717) is 11.6 Å². The van der Waals surface area contributed by atoms with E-state index >= 15 is 0 Å². The molecule has 3 aliphatic rings. The van der Waals surface area contributed by atoms with Gasteiger partial charge in [-0.1, -0.05) is 50.1 Å². The van der Waals surface area contributed by atoms with Crippen LogP contribution in [0.2, 0.25) is 0 Å². The molecule has 5 heteroatoms. The highest BCUT2D eigenvalue weighted by Gasteiger charge is 2.49. The second-order valence-corrected chi connectivity index (χ2v) is 8.43. The number of nitrogens with zero attached hydrogens (tertiary/aromatic N) is 2. The summed E-state index contributed by atoms with van der Waals surface area (Å²) in [7, 11) is 0. The first-order valence-corrected chi connectivity index (χ1v) is 10.3. The molecular formula is C22H29N3O2. The second-order valence-electron chi connectivity index (χ2n) is 8.43. The lowest BCUT2D eigenvalue weighted by Gasteiger charge is -2.40. The highest BCUT2D eigenvalue weighted by Crippen LogP contribution is 2.41. The lowest BCUT2D eigenvalue weighted by Crippen LogP contribution is -2.53. The summed E-state index contributed by atoms with van der Waals surface area (Å²) in [6.45, 7) is 2.37. The van der Waals surface area contributed by atoms with Gasteiger partial charge in [-0.15, -0.1) is 0 Å². The summed E-state index contributed by atoms with van der Waals surface area (Å²) in [6.07, 6.45) is 8.22. The van der Waals surface area contributed by atoms with E-state index in [1.54, 1.807) is 4.90 Å². The summed E-state index contributed by atoms with van der Waals surface area (Å²) in [6, 6.07) is 9.92. The van der Waals surface area contributed by atoms with Crippen LogP contribution >= 0.6 is 0 Å². The molecule has 1 heterocycles. The molecule has 2 fully saturated rings. The highest BCUT2D eigenvalue weighted by atomic mass is 16.2.